The number of likely N-dealkylation sites (tertiary alicyclic amines) is 1. The van der Waals surface area contributed by atoms with E-state index >= 15 is 0 Å². The number of aromatic nitrogens is 1. The minimum atomic E-state index is -0.807. The fourth-order valence-corrected chi connectivity index (χ4v) is 5.23. The molecule has 1 saturated carbocycles. The fourth-order valence-electron chi connectivity index (χ4n) is 5.23. The molecule has 2 aliphatic heterocycles. The second-order valence-electron chi connectivity index (χ2n) is 8.08. The molecule has 0 aromatic carbocycles. The molecular formula is C20H28N4O3. The monoisotopic (exact) mass is 372 g/mol. The first-order chi connectivity index (χ1) is 13.0. The number of pyridine rings is 1. The molecule has 7 nitrogen and oxygen atoms in total. The second kappa shape index (κ2) is 7.11. The van der Waals surface area contributed by atoms with Gasteiger partial charge in [-0.05, 0) is 44.6 Å². The van der Waals surface area contributed by atoms with Crippen molar-refractivity contribution in [1.82, 2.24) is 14.8 Å². The van der Waals surface area contributed by atoms with Crippen LogP contribution in [0, 0.1) is 0 Å². The molecule has 2 amide bonds. The van der Waals surface area contributed by atoms with Crippen molar-refractivity contribution in [2.45, 2.75) is 62.9 Å². The Kier molecular flexibility index (Phi) is 4.80. The van der Waals surface area contributed by atoms with Gasteiger partial charge in [0.2, 0.25) is 5.91 Å². The average molecular weight is 372 g/mol. The number of hydrogen-bond acceptors (Lipinski definition) is 4. The van der Waals surface area contributed by atoms with Crippen LogP contribution in [-0.2, 0) is 10.2 Å². The molecule has 1 aromatic heterocycles. The van der Waals surface area contributed by atoms with Gasteiger partial charge < -0.3 is 15.3 Å². The van der Waals surface area contributed by atoms with Gasteiger partial charge in [0, 0.05) is 43.5 Å². The second-order valence-corrected chi connectivity index (χ2v) is 8.08. The zero-order valence-electron chi connectivity index (χ0n) is 15.9. The SMILES string of the molecule is CCCN(C(=O)O)[C@@H]1CCN(C2CCC3(CC2)C(=O)Nc2ncccc23)C1. The van der Waals surface area contributed by atoms with Crippen molar-refractivity contribution in [2.24, 2.45) is 0 Å². The Bertz CT molecular complexity index is 730. The Morgan fingerprint density at radius 2 is 2.19 bits per heavy atom. The molecule has 0 unspecified atom stereocenters. The van der Waals surface area contributed by atoms with Gasteiger partial charge in [-0.1, -0.05) is 13.0 Å². The number of nitrogens with one attached hydrogen (secondary N) is 1. The van der Waals surface area contributed by atoms with E-state index in [2.05, 4.69) is 15.2 Å². The van der Waals surface area contributed by atoms with E-state index < -0.39 is 11.5 Å². The number of carbonyl (C=O) groups excluding carboxylic acids is 1. The van der Waals surface area contributed by atoms with Crippen molar-refractivity contribution in [3.8, 4) is 0 Å². The molecule has 27 heavy (non-hydrogen) atoms. The largest absolute Gasteiger partial charge is 0.465 e. The summed E-state index contributed by atoms with van der Waals surface area (Å²) in [5.41, 5.74) is 0.627. The van der Waals surface area contributed by atoms with Crippen LogP contribution in [0.4, 0.5) is 10.6 Å². The van der Waals surface area contributed by atoms with Crippen LogP contribution < -0.4 is 5.32 Å². The molecule has 2 fully saturated rings. The zero-order chi connectivity index (χ0) is 19.0. The first-order valence-electron chi connectivity index (χ1n) is 10.1. The van der Waals surface area contributed by atoms with E-state index in [1.165, 1.54) is 0 Å². The molecule has 146 valence electrons. The molecular weight excluding hydrogens is 344 g/mol. The number of amides is 2. The maximum Gasteiger partial charge on any atom is 0.407 e. The van der Waals surface area contributed by atoms with E-state index in [1.54, 1.807) is 11.1 Å². The van der Waals surface area contributed by atoms with Crippen molar-refractivity contribution in [3.63, 3.8) is 0 Å². The number of nitrogens with zero attached hydrogens (tertiary/aromatic N) is 3. The Balaban J connectivity index is 1.41. The number of rotatable bonds is 4. The lowest BCUT2D eigenvalue weighted by Crippen LogP contribution is -2.46. The summed E-state index contributed by atoms with van der Waals surface area (Å²) in [5, 5.41) is 12.4. The first-order valence-corrected chi connectivity index (χ1v) is 10.1. The van der Waals surface area contributed by atoms with Gasteiger partial charge in [0.1, 0.15) is 5.82 Å². The maximum atomic E-state index is 12.7. The maximum absolute atomic E-state index is 12.7. The number of fused-ring (bicyclic) bond motifs is 2. The Morgan fingerprint density at radius 1 is 1.41 bits per heavy atom. The third-order valence-electron chi connectivity index (χ3n) is 6.66. The Morgan fingerprint density at radius 3 is 2.89 bits per heavy atom. The highest BCUT2D eigenvalue weighted by atomic mass is 16.4. The van der Waals surface area contributed by atoms with Gasteiger partial charge in [-0.25, -0.2) is 9.78 Å². The molecule has 2 N–H and O–H groups in total. The molecule has 1 spiro atoms. The molecule has 1 aliphatic carbocycles. The summed E-state index contributed by atoms with van der Waals surface area (Å²) >= 11 is 0. The summed E-state index contributed by atoms with van der Waals surface area (Å²) in [6.07, 6.45) is 6.27. The number of carboxylic acid groups (broad SMARTS) is 1. The molecule has 1 saturated heterocycles. The summed E-state index contributed by atoms with van der Waals surface area (Å²) in [4.78, 5) is 32.6. The number of carbonyl (C=O) groups is 2. The van der Waals surface area contributed by atoms with Crippen LogP contribution >= 0.6 is 0 Å². The summed E-state index contributed by atoms with van der Waals surface area (Å²) in [7, 11) is 0. The topological polar surface area (TPSA) is 85.8 Å². The molecule has 0 radical (unpaired) electrons. The fraction of sp³-hybridized carbons (Fsp3) is 0.650. The van der Waals surface area contributed by atoms with Gasteiger partial charge in [0.25, 0.3) is 0 Å². The summed E-state index contributed by atoms with van der Waals surface area (Å²) in [6.45, 7) is 4.38. The lowest BCUT2D eigenvalue weighted by Gasteiger charge is -2.39. The van der Waals surface area contributed by atoms with E-state index in [0.717, 1.165) is 63.0 Å². The molecule has 3 aliphatic rings. The van der Waals surface area contributed by atoms with Gasteiger partial charge >= 0.3 is 6.09 Å². The van der Waals surface area contributed by atoms with Crippen molar-refractivity contribution < 1.29 is 14.7 Å². The van der Waals surface area contributed by atoms with Gasteiger partial charge in [0.15, 0.2) is 0 Å². The van der Waals surface area contributed by atoms with E-state index in [-0.39, 0.29) is 11.9 Å². The molecule has 7 heteroatoms. The highest BCUT2D eigenvalue weighted by Gasteiger charge is 2.50. The third-order valence-corrected chi connectivity index (χ3v) is 6.66. The van der Waals surface area contributed by atoms with Crippen LogP contribution in [0.1, 0.15) is 51.0 Å². The van der Waals surface area contributed by atoms with Crippen molar-refractivity contribution in [3.05, 3.63) is 23.9 Å². The van der Waals surface area contributed by atoms with Crippen LogP contribution in [0.3, 0.4) is 0 Å². The van der Waals surface area contributed by atoms with Gasteiger partial charge in [-0.2, -0.15) is 0 Å². The van der Waals surface area contributed by atoms with E-state index in [1.807, 2.05) is 19.1 Å². The van der Waals surface area contributed by atoms with Crippen LogP contribution in [0.25, 0.3) is 0 Å². The summed E-state index contributed by atoms with van der Waals surface area (Å²) in [6, 6.07) is 4.47. The predicted octanol–water partition coefficient (Wildman–Crippen LogP) is 2.68. The molecule has 1 atom stereocenters. The average Bonchev–Trinajstić information content (AvgIpc) is 3.25. The van der Waals surface area contributed by atoms with Gasteiger partial charge in [-0.3, -0.25) is 9.69 Å². The molecule has 0 bridgehead atoms. The predicted molar refractivity (Wildman–Crippen MR) is 102 cm³/mol. The van der Waals surface area contributed by atoms with Crippen LogP contribution in [0.15, 0.2) is 18.3 Å². The third kappa shape index (κ3) is 3.08. The highest BCUT2D eigenvalue weighted by Crippen LogP contribution is 2.47. The molecule has 1 aromatic rings. The first kappa shape index (κ1) is 18.2. The van der Waals surface area contributed by atoms with E-state index in [9.17, 15) is 14.7 Å². The normalized spacial score (nSPS) is 30.3. The Labute approximate surface area is 159 Å². The smallest absolute Gasteiger partial charge is 0.407 e. The van der Waals surface area contributed by atoms with Gasteiger partial charge in [0.05, 0.1) is 5.41 Å². The quantitative estimate of drug-likeness (QED) is 0.849. The number of anilines is 1. The van der Waals surface area contributed by atoms with Crippen molar-refractivity contribution in [1.29, 1.82) is 0 Å². The van der Waals surface area contributed by atoms with Crippen molar-refractivity contribution in [2.75, 3.05) is 25.0 Å². The van der Waals surface area contributed by atoms with E-state index in [0.29, 0.717) is 12.6 Å². The van der Waals surface area contributed by atoms with Gasteiger partial charge in [-0.15, -0.1) is 0 Å². The summed E-state index contributed by atoms with van der Waals surface area (Å²) < 4.78 is 0. The molecule has 4 rings (SSSR count). The lowest BCUT2D eigenvalue weighted by molar-refractivity contribution is -0.122. The number of hydrogen-bond donors (Lipinski definition) is 2. The lowest BCUT2D eigenvalue weighted by atomic mass is 9.69. The standard InChI is InChI=1S/C20H28N4O3/c1-2-11-24(19(26)27)15-7-12-23(13-15)14-5-8-20(9-6-14)16-4-3-10-21-17(16)22-18(20)25/h3-4,10,14-15H,2,5-9,11-13H2,1H3,(H,26,27)(H,21,22,25)/t14?,15-,20?/m1/s1. The van der Waals surface area contributed by atoms with Crippen LogP contribution in [0.2, 0.25) is 0 Å². The minimum absolute atomic E-state index is 0.0916. The minimum Gasteiger partial charge on any atom is -0.465 e. The summed E-state index contributed by atoms with van der Waals surface area (Å²) in [5.74, 6) is 0.813. The zero-order valence-corrected chi connectivity index (χ0v) is 15.9. The van der Waals surface area contributed by atoms with Crippen LogP contribution in [-0.4, -0.2) is 63.6 Å². The molecule has 3 heterocycles. The van der Waals surface area contributed by atoms with E-state index in [4.69, 9.17) is 0 Å². The van der Waals surface area contributed by atoms with Crippen molar-refractivity contribution >= 4 is 17.8 Å². The highest BCUT2D eigenvalue weighted by molar-refractivity contribution is 6.05. The Hall–Kier alpha value is -2.15. The van der Waals surface area contributed by atoms with Crippen LogP contribution in [0.5, 0.6) is 0 Å².